The summed E-state index contributed by atoms with van der Waals surface area (Å²) in [7, 11) is 1.36. The second kappa shape index (κ2) is 11.2. The molecule has 5 nitrogen and oxygen atoms in total. The van der Waals surface area contributed by atoms with Gasteiger partial charge in [0.05, 0.1) is 18.7 Å². The molecule has 0 radical (unpaired) electrons. The van der Waals surface area contributed by atoms with Crippen LogP contribution in [0.1, 0.15) is 58.8 Å². The Labute approximate surface area is 208 Å². The van der Waals surface area contributed by atoms with Crippen molar-refractivity contribution in [1.29, 1.82) is 0 Å². The van der Waals surface area contributed by atoms with Gasteiger partial charge in [-0.25, -0.2) is 9.59 Å². The molecule has 3 aromatic rings. The number of amides is 2. The highest BCUT2D eigenvalue weighted by atomic mass is 79.9. The molecule has 1 atom stereocenters. The number of nitrogens with one attached hydrogen (secondary N) is 2. The lowest BCUT2D eigenvalue weighted by Gasteiger charge is -2.21. The molecule has 2 N–H and O–H groups in total. The highest BCUT2D eigenvalue weighted by molar-refractivity contribution is 9.10. The molecule has 34 heavy (non-hydrogen) atoms. The first-order valence-corrected chi connectivity index (χ1v) is 12.1. The number of hydrogen-bond acceptors (Lipinski definition) is 3. The summed E-state index contributed by atoms with van der Waals surface area (Å²) in [5.41, 5.74) is 5.57. The summed E-state index contributed by atoms with van der Waals surface area (Å²) >= 11 is 3.43. The molecule has 2 amide bonds. The molecule has 174 valence electrons. The third kappa shape index (κ3) is 5.94. The average Bonchev–Trinajstić information content (AvgIpc) is 2.87. The topological polar surface area (TPSA) is 67.4 Å². The van der Waals surface area contributed by atoms with E-state index in [4.69, 9.17) is 4.74 Å². The maximum absolute atomic E-state index is 12.9. The maximum Gasteiger partial charge on any atom is 0.337 e. The van der Waals surface area contributed by atoms with E-state index in [9.17, 15) is 9.59 Å². The number of halogens is 1. The van der Waals surface area contributed by atoms with Gasteiger partial charge >= 0.3 is 12.0 Å². The van der Waals surface area contributed by atoms with E-state index in [2.05, 4.69) is 56.9 Å². The quantitative estimate of drug-likeness (QED) is 0.341. The standard InChI is InChI=1S/C28H27BrN2O3/c1-34-27(32)23-16-14-22(15-17-23)26(31-28(33)30-25-9-5-8-24(29)18-25)21-12-10-20(11-13-21)19-6-3-2-4-7-19/h5-6,8-18,26H,2-4,7H2,1H3,(H2,30,31,33). The summed E-state index contributed by atoms with van der Waals surface area (Å²) in [5.74, 6) is -0.395. The fourth-order valence-corrected chi connectivity index (χ4v) is 4.54. The van der Waals surface area contributed by atoms with Gasteiger partial charge in [-0.15, -0.1) is 0 Å². The Balaban J connectivity index is 1.60. The minimum atomic E-state index is -0.395. The summed E-state index contributed by atoms with van der Waals surface area (Å²) in [5, 5.41) is 5.97. The Bertz CT molecular complexity index is 1190. The molecule has 0 aliphatic heterocycles. The van der Waals surface area contributed by atoms with Gasteiger partial charge in [0.1, 0.15) is 0 Å². The van der Waals surface area contributed by atoms with Crippen molar-refractivity contribution in [3.05, 3.63) is 106 Å². The smallest absolute Gasteiger partial charge is 0.337 e. The number of rotatable bonds is 6. The van der Waals surface area contributed by atoms with Gasteiger partial charge in [0, 0.05) is 10.2 Å². The molecule has 1 aliphatic rings. The van der Waals surface area contributed by atoms with E-state index in [-0.39, 0.29) is 6.03 Å². The monoisotopic (exact) mass is 518 g/mol. The van der Waals surface area contributed by atoms with Crippen LogP contribution in [0.2, 0.25) is 0 Å². The third-order valence-corrected chi connectivity index (χ3v) is 6.42. The summed E-state index contributed by atoms with van der Waals surface area (Å²) in [6.45, 7) is 0. The minimum absolute atomic E-state index is 0.320. The SMILES string of the molecule is COC(=O)c1ccc(C(NC(=O)Nc2cccc(Br)c2)c2ccc(C3=CCCCC3)cc2)cc1. The molecular weight excluding hydrogens is 492 g/mol. The number of anilines is 1. The van der Waals surface area contributed by atoms with Crippen LogP contribution in [0.4, 0.5) is 10.5 Å². The molecule has 4 rings (SSSR count). The summed E-state index contributed by atoms with van der Waals surface area (Å²) in [4.78, 5) is 24.7. The van der Waals surface area contributed by atoms with E-state index in [1.807, 2.05) is 36.4 Å². The van der Waals surface area contributed by atoms with Crippen molar-refractivity contribution in [1.82, 2.24) is 5.32 Å². The lowest BCUT2D eigenvalue weighted by molar-refractivity contribution is 0.0600. The number of benzene rings is 3. The first-order chi connectivity index (χ1) is 16.5. The Morgan fingerprint density at radius 3 is 2.26 bits per heavy atom. The highest BCUT2D eigenvalue weighted by Gasteiger charge is 2.19. The third-order valence-electron chi connectivity index (χ3n) is 5.93. The Morgan fingerprint density at radius 2 is 1.65 bits per heavy atom. The minimum Gasteiger partial charge on any atom is -0.465 e. The van der Waals surface area contributed by atoms with Crippen LogP contribution in [-0.2, 0) is 4.74 Å². The number of urea groups is 1. The summed E-state index contributed by atoms with van der Waals surface area (Å²) in [6, 6.07) is 22.2. The first-order valence-electron chi connectivity index (χ1n) is 11.3. The fraction of sp³-hybridized carbons (Fsp3) is 0.214. The van der Waals surface area contributed by atoms with Crippen molar-refractivity contribution in [2.24, 2.45) is 0 Å². The number of hydrogen-bond donors (Lipinski definition) is 2. The first kappa shape index (κ1) is 23.8. The number of allylic oxidation sites excluding steroid dienone is 2. The van der Waals surface area contributed by atoms with Gasteiger partial charge in [0.2, 0.25) is 0 Å². The van der Waals surface area contributed by atoms with Crippen LogP contribution in [0, 0.1) is 0 Å². The molecule has 0 aromatic heterocycles. The van der Waals surface area contributed by atoms with Crippen molar-refractivity contribution >= 4 is 39.2 Å². The summed E-state index contributed by atoms with van der Waals surface area (Å²) < 4.78 is 5.69. The second-order valence-corrected chi connectivity index (χ2v) is 9.17. The number of esters is 1. The molecule has 3 aromatic carbocycles. The second-order valence-electron chi connectivity index (χ2n) is 8.25. The zero-order valence-electron chi connectivity index (χ0n) is 19.0. The predicted molar refractivity (Wildman–Crippen MR) is 139 cm³/mol. The summed E-state index contributed by atoms with van der Waals surface area (Å²) in [6.07, 6.45) is 7.03. The Kier molecular flexibility index (Phi) is 7.80. The zero-order valence-corrected chi connectivity index (χ0v) is 20.6. The number of methoxy groups -OCH3 is 1. The van der Waals surface area contributed by atoms with Crippen molar-refractivity contribution < 1.29 is 14.3 Å². The largest absolute Gasteiger partial charge is 0.465 e. The molecule has 0 saturated heterocycles. The molecular formula is C28H27BrN2O3. The lowest BCUT2D eigenvalue weighted by atomic mass is 9.91. The van der Waals surface area contributed by atoms with Gasteiger partial charge in [0.15, 0.2) is 0 Å². The van der Waals surface area contributed by atoms with Crippen LogP contribution in [0.5, 0.6) is 0 Å². The van der Waals surface area contributed by atoms with Crippen molar-refractivity contribution in [3.63, 3.8) is 0 Å². The molecule has 1 unspecified atom stereocenters. The van der Waals surface area contributed by atoms with Crippen LogP contribution in [0.25, 0.3) is 5.57 Å². The van der Waals surface area contributed by atoms with Crippen molar-refractivity contribution in [3.8, 4) is 0 Å². The molecule has 1 aliphatic carbocycles. The molecule has 0 saturated carbocycles. The molecule has 0 bridgehead atoms. The maximum atomic E-state index is 12.9. The molecule has 0 heterocycles. The van der Waals surface area contributed by atoms with Crippen molar-refractivity contribution in [2.45, 2.75) is 31.7 Å². The molecule has 6 heteroatoms. The van der Waals surface area contributed by atoms with E-state index in [0.717, 1.165) is 28.4 Å². The van der Waals surface area contributed by atoms with Crippen LogP contribution in [-0.4, -0.2) is 19.1 Å². The fourth-order valence-electron chi connectivity index (χ4n) is 4.14. The van der Waals surface area contributed by atoms with E-state index in [1.54, 1.807) is 12.1 Å². The van der Waals surface area contributed by atoms with Gasteiger partial charge < -0.3 is 15.4 Å². The Hall–Kier alpha value is -3.38. The normalized spacial score (nSPS) is 14.0. The Morgan fingerprint density at radius 1 is 0.941 bits per heavy atom. The highest BCUT2D eigenvalue weighted by Crippen LogP contribution is 2.29. The number of ether oxygens (including phenoxy) is 1. The molecule has 0 fully saturated rings. The van der Waals surface area contributed by atoms with Crippen LogP contribution >= 0.6 is 15.9 Å². The van der Waals surface area contributed by atoms with Crippen molar-refractivity contribution in [2.75, 3.05) is 12.4 Å². The van der Waals surface area contributed by atoms with E-state index >= 15 is 0 Å². The van der Waals surface area contributed by atoms with Crippen LogP contribution < -0.4 is 10.6 Å². The average molecular weight is 519 g/mol. The van der Waals surface area contributed by atoms with Gasteiger partial charge in [-0.05, 0) is 78.3 Å². The van der Waals surface area contributed by atoms with E-state index in [0.29, 0.717) is 11.3 Å². The van der Waals surface area contributed by atoms with Gasteiger partial charge in [-0.2, -0.15) is 0 Å². The lowest BCUT2D eigenvalue weighted by Crippen LogP contribution is -2.33. The van der Waals surface area contributed by atoms with Gasteiger partial charge in [-0.3, -0.25) is 0 Å². The van der Waals surface area contributed by atoms with Gasteiger partial charge in [0.25, 0.3) is 0 Å². The van der Waals surface area contributed by atoms with Crippen LogP contribution in [0.15, 0.2) is 83.3 Å². The van der Waals surface area contributed by atoms with Crippen LogP contribution in [0.3, 0.4) is 0 Å². The van der Waals surface area contributed by atoms with E-state index < -0.39 is 12.0 Å². The molecule has 0 spiro atoms. The van der Waals surface area contributed by atoms with Gasteiger partial charge in [-0.1, -0.05) is 64.5 Å². The zero-order chi connectivity index (χ0) is 23.9. The number of carbonyl (C=O) groups excluding carboxylic acids is 2. The van der Waals surface area contributed by atoms with E-state index in [1.165, 1.54) is 31.1 Å². The predicted octanol–water partition coefficient (Wildman–Crippen LogP) is 7.10. The number of carbonyl (C=O) groups is 2.